The maximum atomic E-state index is 11.9. The van der Waals surface area contributed by atoms with Gasteiger partial charge in [-0.25, -0.2) is 0 Å². The van der Waals surface area contributed by atoms with E-state index in [2.05, 4.69) is 26.6 Å². The summed E-state index contributed by atoms with van der Waals surface area (Å²) in [5.74, 6) is 0.907. The standard InChI is InChI=1S/C17H17BrN2O3S/c1-12-9-13(18)4-5-15(12)20-17(22)10-19-16(21)6-8-24-11-14-3-2-7-23-14/h2-9H,10-11H2,1H3,(H,19,21)(H,20,22). The zero-order valence-electron chi connectivity index (χ0n) is 13.0. The third-order valence-corrected chi connectivity index (χ3v) is 4.28. The first kappa shape index (κ1) is 18.4. The van der Waals surface area contributed by atoms with Crippen molar-refractivity contribution < 1.29 is 14.0 Å². The molecule has 7 heteroatoms. The van der Waals surface area contributed by atoms with Gasteiger partial charge in [0.2, 0.25) is 11.8 Å². The van der Waals surface area contributed by atoms with Gasteiger partial charge < -0.3 is 15.1 Å². The van der Waals surface area contributed by atoms with Gasteiger partial charge >= 0.3 is 0 Å². The highest BCUT2D eigenvalue weighted by Gasteiger charge is 2.06. The van der Waals surface area contributed by atoms with Gasteiger partial charge in [-0.2, -0.15) is 0 Å². The van der Waals surface area contributed by atoms with Crippen molar-refractivity contribution in [3.05, 3.63) is 63.9 Å². The first-order chi connectivity index (χ1) is 11.5. The highest BCUT2D eigenvalue weighted by atomic mass is 79.9. The van der Waals surface area contributed by atoms with Crippen molar-refractivity contribution in [3.8, 4) is 0 Å². The first-order valence-corrected chi connectivity index (χ1v) is 9.03. The summed E-state index contributed by atoms with van der Waals surface area (Å²) in [7, 11) is 0. The summed E-state index contributed by atoms with van der Waals surface area (Å²) >= 11 is 4.81. The smallest absolute Gasteiger partial charge is 0.244 e. The molecule has 2 rings (SSSR count). The summed E-state index contributed by atoms with van der Waals surface area (Å²) < 4.78 is 6.13. The van der Waals surface area contributed by atoms with Crippen LogP contribution in [0.15, 0.2) is 57.0 Å². The van der Waals surface area contributed by atoms with Crippen LogP contribution >= 0.6 is 27.7 Å². The number of nitrogens with one attached hydrogen (secondary N) is 2. The van der Waals surface area contributed by atoms with Crippen LogP contribution in [0.3, 0.4) is 0 Å². The predicted molar refractivity (Wildman–Crippen MR) is 99.7 cm³/mol. The van der Waals surface area contributed by atoms with Gasteiger partial charge in [0.25, 0.3) is 0 Å². The van der Waals surface area contributed by atoms with Crippen LogP contribution in [-0.4, -0.2) is 18.4 Å². The Morgan fingerprint density at radius 3 is 2.88 bits per heavy atom. The Hall–Kier alpha value is -1.99. The van der Waals surface area contributed by atoms with Crippen molar-refractivity contribution in [2.24, 2.45) is 0 Å². The third kappa shape index (κ3) is 6.25. The lowest BCUT2D eigenvalue weighted by Crippen LogP contribution is -2.31. The third-order valence-electron chi connectivity index (χ3n) is 3.01. The Bertz CT molecular complexity index is 729. The highest BCUT2D eigenvalue weighted by molar-refractivity contribution is 9.10. The molecule has 0 aliphatic heterocycles. The molecule has 2 aromatic rings. The Labute approximate surface area is 153 Å². The van der Waals surface area contributed by atoms with E-state index in [1.165, 1.54) is 17.8 Å². The van der Waals surface area contributed by atoms with Gasteiger partial charge in [-0.3, -0.25) is 9.59 Å². The lowest BCUT2D eigenvalue weighted by molar-refractivity contribution is -0.121. The maximum absolute atomic E-state index is 11.9. The molecule has 0 spiro atoms. The van der Waals surface area contributed by atoms with Crippen LogP contribution in [0.1, 0.15) is 11.3 Å². The molecule has 0 atom stereocenters. The maximum Gasteiger partial charge on any atom is 0.244 e. The molecule has 1 heterocycles. The number of thioether (sulfide) groups is 1. The van der Waals surface area contributed by atoms with Gasteiger partial charge in [-0.1, -0.05) is 15.9 Å². The van der Waals surface area contributed by atoms with Crippen molar-refractivity contribution in [1.29, 1.82) is 0 Å². The van der Waals surface area contributed by atoms with E-state index in [0.29, 0.717) is 5.75 Å². The minimum absolute atomic E-state index is 0.0818. The number of carbonyl (C=O) groups is 2. The summed E-state index contributed by atoms with van der Waals surface area (Å²) in [4.78, 5) is 23.5. The van der Waals surface area contributed by atoms with E-state index < -0.39 is 0 Å². The minimum Gasteiger partial charge on any atom is -0.468 e. The second-order valence-electron chi connectivity index (χ2n) is 4.92. The molecule has 1 aromatic heterocycles. The monoisotopic (exact) mass is 408 g/mol. The van der Waals surface area contributed by atoms with Gasteiger partial charge in [-0.15, -0.1) is 11.8 Å². The molecule has 0 saturated heterocycles. The number of aryl methyl sites for hydroxylation is 1. The molecule has 24 heavy (non-hydrogen) atoms. The van der Waals surface area contributed by atoms with Crippen LogP contribution < -0.4 is 10.6 Å². The number of benzene rings is 1. The summed E-state index contributed by atoms with van der Waals surface area (Å²) in [5, 5.41) is 6.98. The minimum atomic E-state index is -0.315. The van der Waals surface area contributed by atoms with E-state index in [9.17, 15) is 9.59 Å². The number of hydrogen-bond acceptors (Lipinski definition) is 4. The van der Waals surface area contributed by atoms with Crippen LogP contribution in [0, 0.1) is 6.92 Å². The molecule has 0 fully saturated rings. The Kier molecular flexibility index (Phi) is 7.14. The normalized spacial score (nSPS) is 10.8. The Balaban J connectivity index is 1.69. The molecule has 0 unspecified atom stereocenters. The quantitative estimate of drug-likeness (QED) is 0.682. The van der Waals surface area contributed by atoms with Crippen molar-refractivity contribution in [3.63, 3.8) is 0 Å². The van der Waals surface area contributed by atoms with Crippen LogP contribution in [0.4, 0.5) is 5.69 Å². The van der Waals surface area contributed by atoms with Crippen LogP contribution in [0.2, 0.25) is 0 Å². The number of anilines is 1. The second kappa shape index (κ2) is 9.34. The lowest BCUT2D eigenvalue weighted by atomic mass is 10.2. The summed E-state index contributed by atoms with van der Waals surface area (Å²) in [6, 6.07) is 9.26. The topological polar surface area (TPSA) is 71.3 Å². The van der Waals surface area contributed by atoms with Crippen molar-refractivity contribution >= 4 is 45.2 Å². The second-order valence-corrected chi connectivity index (χ2v) is 6.73. The van der Waals surface area contributed by atoms with E-state index in [1.54, 1.807) is 11.7 Å². The summed E-state index contributed by atoms with van der Waals surface area (Å²) in [6.07, 6.45) is 3.00. The molecule has 0 bridgehead atoms. The molecule has 0 aliphatic rings. The van der Waals surface area contributed by atoms with E-state index in [4.69, 9.17) is 4.42 Å². The van der Waals surface area contributed by atoms with Gasteiger partial charge in [0.05, 0.1) is 18.6 Å². The zero-order valence-corrected chi connectivity index (χ0v) is 15.4. The molecule has 2 amide bonds. The SMILES string of the molecule is Cc1cc(Br)ccc1NC(=O)CNC(=O)C=CSCc1ccco1. The number of carbonyl (C=O) groups excluding carboxylic acids is 2. The zero-order chi connectivity index (χ0) is 17.4. The molecule has 0 saturated carbocycles. The van der Waals surface area contributed by atoms with Gasteiger partial charge in [0.15, 0.2) is 0 Å². The van der Waals surface area contributed by atoms with Crippen LogP contribution in [0.5, 0.6) is 0 Å². The molecule has 126 valence electrons. The fourth-order valence-corrected chi connectivity index (χ4v) is 2.94. The average Bonchev–Trinajstić information content (AvgIpc) is 3.06. The Morgan fingerprint density at radius 1 is 1.33 bits per heavy atom. The van der Waals surface area contributed by atoms with E-state index >= 15 is 0 Å². The van der Waals surface area contributed by atoms with E-state index in [0.717, 1.165) is 21.5 Å². The van der Waals surface area contributed by atoms with Gasteiger partial charge in [0, 0.05) is 16.2 Å². The fourth-order valence-electron chi connectivity index (χ4n) is 1.82. The Morgan fingerprint density at radius 2 is 2.17 bits per heavy atom. The van der Waals surface area contributed by atoms with E-state index in [1.807, 2.05) is 37.3 Å². The summed E-state index contributed by atoms with van der Waals surface area (Å²) in [6.45, 7) is 1.82. The van der Waals surface area contributed by atoms with Crippen molar-refractivity contribution in [1.82, 2.24) is 5.32 Å². The molecule has 1 aromatic carbocycles. The van der Waals surface area contributed by atoms with Crippen molar-refractivity contribution in [2.45, 2.75) is 12.7 Å². The highest BCUT2D eigenvalue weighted by Crippen LogP contribution is 2.19. The number of rotatable bonds is 7. The first-order valence-electron chi connectivity index (χ1n) is 7.19. The lowest BCUT2D eigenvalue weighted by Gasteiger charge is -2.09. The predicted octanol–water partition coefficient (Wildman–Crippen LogP) is 3.85. The summed E-state index contributed by atoms with van der Waals surface area (Å²) in [5.41, 5.74) is 1.67. The number of furan rings is 1. The van der Waals surface area contributed by atoms with E-state index in [-0.39, 0.29) is 18.4 Å². The largest absolute Gasteiger partial charge is 0.468 e. The average molecular weight is 409 g/mol. The molecular weight excluding hydrogens is 392 g/mol. The van der Waals surface area contributed by atoms with Crippen LogP contribution in [0.25, 0.3) is 0 Å². The molecule has 0 radical (unpaired) electrons. The number of amides is 2. The number of hydrogen-bond donors (Lipinski definition) is 2. The van der Waals surface area contributed by atoms with Gasteiger partial charge in [0.1, 0.15) is 5.76 Å². The van der Waals surface area contributed by atoms with Gasteiger partial charge in [-0.05, 0) is 48.2 Å². The molecular formula is C17H17BrN2O3S. The van der Waals surface area contributed by atoms with Crippen molar-refractivity contribution in [2.75, 3.05) is 11.9 Å². The van der Waals surface area contributed by atoms with Crippen LogP contribution in [-0.2, 0) is 15.3 Å². The molecule has 0 aliphatic carbocycles. The molecule has 5 nitrogen and oxygen atoms in total. The number of halogens is 1. The fraction of sp³-hybridized carbons (Fsp3) is 0.176. The molecule has 2 N–H and O–H groups in total.